The van der Waals surface area contributed by atoms with Crippen LogP contribution in [0.1, 0.15) is 30.9 Å². The molecule has 1 saturated carbocycles. The van der Waals surface area contributed by atoms with Crippen LogP contribution in [0.5, 0.6) is 0 Å². The predicted molar refractivity (Wildman–Crippen MR) is 58.8 cm³/mol. The van der Waals surface area contributed by atoms with E-state index in [-0.39, 0.29) is 17.2 Å². The molecule has 0 heterocycles. The van der Waals surface area contributed by atoms with E-state index in [2.05, 4.69) is 0 Å². The molecule has 1 aliphatic rings. The lowest BCUT2D eigenvalue weighted by Crippen LogP contribution is -2.03. The third-order valence-corrected chi connectivity index (χ3v) is 3.65. The SMILES string of the molecule is Cc1cccc([C@H]2[C@H](C(=O)O)C2(C)C)c1F. The summed E-state index contributed by atoms with van der Waals surface area (Å²) < 4.78 is 13.9. The molecular weight excluding hydrogens is 207 g/mol. The van der Waals surface area contributed by atoms with Crippen molar-refractivity contribution in [2.24, 2.45) is 11.3 Å². The van der Waals surface area contributed by atoms with Crippen LogP contribution in [0.25, 0.3) is 0 Å². The van der Waals surface area contributed by atoms with E-state index in [9.17, 15) is 9.18 Å². The Kier molecular flexibility index (Phi) is 2.30. The van der Waals surface area contributed by atoms with Crippen LogP contribution in [-0.2, 0) is 4.79 Å². The third-order valence-electron chi connectivity index (χ3n) is 3.65. The highest BCUT2D eigenvalue weighted by atomic mass is 19.1. The molecule has 0 amide bonds. The summed E-state index contributed by atoms with van der Waals surface area (Å²) in [6.07, 6.45) is 0. The van der Waals surface area contributed by atoms with Gasteiger partial charge in [0.25, 0.3) is 0 Å². The first kappa shape index (κ1) is 11.1. The van der Waals surface area contributed by atoms with Crippen LogP contribution >= 0.6 is 0 Å². The minimum absolute atomic E-state index is 0.204. The van der Waals surface area contributed by atoms with Gasteiger partial charge < -0.3 is 5.11 Å². The first-order valence-electron chi connectivity index (χ1n) is 5.35. The minimum Gasteiger partial charge on any atom is -0.481 e. The maximum absolute atomic E-state index is 13.9. The van der Waals surface area contributed by atoms with Gasteiger partial charge in [-0.1, -0.05) is 32.0 Å². The molecule has 2 atom stereocenters. The van der Waals surface area contributed by atoms with E-state index >= 15 is 0 Å². The molecule has 86 valence electrons. The molecule has 0 saturated heterocycles. The number of halogens is 1. The van der Waals surface area contributed by atoms with Crippen molar-refractivity contribution < 1.29 is 14.3 Å². The van der Waals surface area contributed by atoms with Crippen LogP contribution in [0.15, 0.2) is 18.2 Å². The summed E-state index contributed by atoms with van der Waals surface area (Å²) in [6, 6.07) is 5.17. The number of carbonyl (C=O) groups is 1. The van der Waals surface area contributed by atoms with E-state index in [0.29, 0.717) is 11.1 Å². The van der Waals surface area contributed by atoms with Crippen LogP contribution in [0.2, 0.25) is 0 Å². The second-order valence-electron chi connectivity index (χ2n) is 5.09. The molecule has 0 aromatic heterocycles. The van der Waals surface area contributed by atoms with E-state index in [1.54, 1.807) is 25.1 Å². The molecule has 1 aromatic rings. The van der Waals surface area contributed by atoms with Crippen molar-refractivity contribution >= 4 is 5.97 Å². The fourth-order valence-corrected chi connectivity index (χ4v) is 2.59. The van der Waals surface area contributed by atoms with Crippen LogP contribution in [0, 0.1) is 24.1 Å². The molecule has 16 heavy (non-hydrogen) atoms. The van der Waals surface area contributed by atoms with Gasteiger partial charge in [0.2, 0.25) is 0 Å². The first-order chi connectivity index (χ1) is 7.37. The summed E-state index contributed by atoms with van der Waals surface area (Å²) in [5.41, 5.74) is 0.766. The number of carboxylic acid groups (broad SMARTS) is 1. The Labute approximate surface area is 94.1 Å². The van der Waals surface area contributed by atoms with Crippen molar-refractivity contribution in [3.63, 3.8) is 0 Å². The maximum atomic E-state index is 13.9. The standard InChI is InChI=1S/C13H15FO2/c1-7-5-4-6-8(11(7)14)9-10(12(15)16)13(9,2)3/h4-6,9-10H,1-3H3,(H,15,16)/t9-,10+/m0/s1. The number of hydrogen-bond donors (Lipinski definition) is 1. The number of benzene rings is 1. The van der Waals surface area contributed by atoms with E-state index in [1.807, 2.05) is 13.8 Å². The fraction of sp³-hybridized carbons (Fsp3) is 0.462. The summed E-state index contributed by atoms with van der Waals surface area (Å²) in [6.45, 7) is 5.44. The zero-order chi connectivity index (χ0) is 12.1. The highest BCUT2D eigenvalue weighted by Crippen LogP contribution is 2.64. The highest BCUT2D eigenvalue weighted by Gasteiger charge is 2.63. The zero-order valence-electron chi connectivity index (χ0n) is 9.62. The van der Waals surface area contributed by atoms with Crippen LogP contribution in [0.3, 0.4) is 0 Å². The van der Waals surface area contributed by atoms with E-state index in [4.69, 9.17) is 5.11 Å². The Morgan fingerprint density at radius 1 is 1.44 bits per heavy atom. The number of aliphatic carboxylic acids is 1. The van der Waals surface area contributed by atoms with Crippen molar-refractivity contribution in [2.45, 2.75) is 26.7 Å². The van der Waals surface area contributed by atoms with Crippen molar-refractivity contribution in [1.82, 2.24) is 0 Å². The second-order valence-corrected chi connectivity index (χ2v) is 5.09. The van der Waals surface area contributed by atoms with E-state index in [0.717, 1.165) is 0 Å². The quantitative estimate of drug-likeness (QED) is 0.835. The Balaban J connectivity index is 2.41. The smallest absolute Gasteiger partial charge is 0.307 e. The topological polar surface area (TPSA) is 37.3 Å². The number of carboxylic acids is 1. The van der Waals surface area contributed by atoms with Crippen molar-refractivity contribution in [2.75, 3.05) is 0 Å². The summed E-state index contributed by atoms with van der Waals surface area (Å²) in [5, 5.41) is 9.06. The van der Waals surface area contributed by atoms with Crippen LogP contribution in [-0.4, -0.2) is 11.1 Å². The van der Waals surface area contributed by atoms with Gasteiger partial charge in [-0.15, -0.1) is 0 Å². The van der Waals surface area contributed by atoms with Crippen molar-refractivity contribution in [1.29, 1.82) is 0 Å². The average molecular weight is 222 g/mol. The summed E-state index contributed by atoms with van der Waals surface area (Å²) in [5.74, 6) is -1.77. The predicted octanol–water partition coefficient (Wildman–Crippen LogP) is 2.96. The first-order valence-corrected chi connectivity index (χ1v) is 5.35. The maximum Gasteiger partial charge on any atom is 0.307 e. The number of rotatable bonds is 2. The molecule has 1 N–H and O–H groups in total. The lowest BCUT2D eigenvalue weighted by molar-refractivity contribution is -0.139. The molecule has 0 bridgehead atoms. The Hall–Kier alpha value is -1.38. The molecule has 1 aliphatic carbocycles. The summed E-state index contributed by atoms with van der Waals surface area (Å²) in [4.78, 5) is 11.0. The summed E-state index contributed by atoms with van der Waals surface area (Å²) in [7, 11) is 0. The zero-order valence-corrected chi connectivity index (χ0v) is 9.62. The van der Waals surface area contributed by atoms with Gasteiger partial charge in [-0.2, -0.15) is 0 Å². The molecule has 1 fully saturated rings. The summed E-state index contributed by atoms with van der Waals surface area (Å²) >= 11 is 0. The normalized spacial score (nSPS) is 26.5. The third kappa shape index (κ3) is 1.42. The molecular formula is C13H15FO2. The van der Waals surface area contributed by atoms with E-state index in [1.165, 1.54) is 0 Å². The number of hydrogen-bond acceptors (Lipinski definition) is 1. The Morgan fingerprint density at radius 3 is 2.56 bits per heavy atom. The monoisotopic (exact) mass is 222 g/mol. The van der Waals surface area contributed by atoms with Gasteiger partial charge in [0.05, 0.1) is 5.92 Å². The van der Waals surface area contributed by atoms with Gasteiger partial charge >= 0.3 is 5.97 Å². The van der Waals surface area contributed by atoms with Crippen molar-refractivity contribution in [3.8, 4) is 0 Å². The van der Waals surface area contributed by atoms with Gasteiger partial charge in [0, 0.05) is 5.92 Å². The highest BCUT2D eigenvalue weighted by molar-refractivity contribution is 5.77. The average Bonchev–Trinajstić information content (AvgIpc) is 2.74. The molecule has 0 spiro atoms. The molecule has 2 rings (SSSR count). The molecule has 0 unspecified atom stereocenters. The Morgan fingerprint density at radius 2 is 2.06 bits per heavy atom. The van der Waals surface area contributed by atoms with Gasteiger partial charge in [-0.05, 0) is 23.5 Å². The Bertz CT molecular complexity index is 451. The second kappa shape index (κ2) is 3.30. The minimum atomic E-state index is -0.837. The molecule has 1 aromatic carbocycles. The molecule has 2 nitrogen and oxygen atoms in total. The van der Waals surface area contributed by atoms with Gasteiger partial charge in [-0.3, -0.25) is 4.79 Å². The van der Waals surface area contributed by atoms with Gasteiger partial charge in [-0.25, -0.2) is 4.39 Å². The van der Waals surface area contributed by atoms with Crippen LogP contribution < -0.4 is 0 Å². The fourth-order valence-electron chi connectivity index (χ4n) is 2.59. The number of aryl methyl sites for hydroxylation is 1. The molecule has 3 heteroatoms. The lowest BCUT2D eigenvalue weighted by Gasteiger charge is -2.06. The van der Waals surface area contributed by atoms with Gasteiger partial charge in [0.1, 0.15) is 5.82 Å². The van der Waals surface area contributed by atoms with Gasteiger partial charge in [0.15, 0.2) is 0 Å². The lowest BCUT2D eigenvalue weighted by atomic mass is 10.0. The molecule has 0 aliphatic heterocycles. The molecule has 0 radical (unpaired) electrons. The largest absolute Gasteiger partial charge is 0.481 e. The van der Waals surface area contributed by atoms with Crippen molar-refractivity contribution in [3.05, 3.63) is 35.1 Å². The van der Waals surface area contributed by atoms with Crippen LogP contribution in [0.4, 0.5) is 4.39 Å². The van der Waals surface area contributed by atoms with E-state index < -0.39 is 11.9 Å².